The van der Waals surface area contributed by atoms with Gasteiger partial charge in [0.05, 0.1) is 5.54 Å². The van der Waals surface area contributed by atoms with Crippen LogP contribution in [0, 0.1) is 17.8 Å². The van der Waals surface area contributed by atoms with Gasteiger partial charge < -0.3 is 11.1 Å². The molecule has 0 aromatic heterocycles. The second kappa shape index (κ2) is 5.43. The largest absolute Gasteiger partial charge is 0.349 e. The molecule has 3 heteroatoms. The average Bonchev–Trinajstić information content (AvgIpc) is 3.02. The molecule has 0 aromatic carbocycles. The summed E-state index contributed by atoms with van der Waals surface area (Å²) in [6, 6.07) is 0. The fourth-order valence-corrected chi connectivity index (χ4v) is 4.82. The summed E-state index contributed by atoms with van der Waals surface area (Å²) in [5.74, 6) is 2.71. The molecule has 0 aromatic rings. The van der Waals surface area contributed by atoms with Gasteiger partial charge in [-0.3, -0.25) is 4.79 Å². The fraction of sp³-hybridized carbons (Fsp3) is 0.938. The fourth-order valence-electron chi connectivity index (χ4n) is 4.82. The van der Waals surface area contributed by atoms with E-state index in [1.165, 1.54) is 44.9 Å². The Kier molecular flexibility index (Phi) is 3.84. The summed E-state index contributed by atoms with van der Waals surface area (Å²) in [5, 5.41) is 3.30. The molecule has 3 nitrogen and oxygen atoms in total. The maximum atomic E-state index is 12.3. The molecule has 2 bridgehead atoms. The predicted octanol–water partition coefficient (Wildman–Crippen LogP) is 2.59. The molecule has 108 valence electrons. The second-order valence-electron chi connectivity index (χ2n) is 7.23. The molecule has 1 amide bonds. The van der Waals surface area contributed by atoms with Crippen molar-refractivity contribution in [3.05, 3.63) is 0 Å². The number of nitrogens with one attached hydrogen (secondary N) is 1. The van der Waals surface area contributed by atoms with Gasteiger partial charge in [-0.15, -0.1) is 0 Å². The first-order valence-electron chi connectivity index (χ1n) is 8.22. The Bertz CT molecular complexity index is 336. The zero-order valence-electron chi connectivity index (χ0n) is 12.0. The Labute approximate surface area is 116 Å². The first kappa shape index (κ1) is 13.4. The zero-order valence-corrected chi connectivity index (χ0v) is 12.0. The van der Waals surface area contributed by atoms with Crippen LogP contribution < -0.4 is 11.1 Å². The molecule has 0 spiro atoms. The van der Waals surface area contributed by atoms with Gasteiger partial charge in [0.25, 0.3) is 0 Å². The summed E-state index contributed by atoms with van der Waals surface area (Å²) >= 11 is 0. The summed E-state index contributed by atoms with van der Waals surface area (Å²) in [7, 11) is 0. The van der Waals surface area contributed by atoms with Crippen molar-refractivity contribution >= 4 is 5.91 Å². The van der Waals surface area contributed by atoms with Gasteiger partial charge in [-0.25, -0.2) is 0 Å². The lowest BCUT2D eigenvalue weighted by Gasteiger charge is -2.37. The van der Waals surface area contributed by atoms with Gasteiger partial charge in [0, 0.05) is 13.0 Å². The van der Waals surface area contributed by atoms with Crippen LogP contribution in [-0.4, -0.2) is 18.0 Å². The maximum absolute atomic E-state index is 12.3. The summed E-state index contributed by atoms with van der Waals surface area (Å²) in [6.45, 7) is 0.607. The molecule has 3 aliphatic rings. The third kappa shape index (κ3) is 2.81. The van der Waals surface area contributed by atoms with Crippen LogP contribution in [0.25, 0.3) is 0 Å². The highest BCUT2D eigenvalue weighted by atomic mass is 16.1. The number of nitrogens with two attached hydrogens (primary N) is 1. The van der Waals surface area contributed by atoms with E-state index in [2.05, 4.69) is 5.32 Å². The minimum absolute atomic E-state index is 0.0764. The van der Waals surface area contributed by atoms with E-state index in [9.17, 15) is 4.79 Å². The molecule has 3 unspecified atom stereocenters. The quantitative estimate of drug-likeness (QED) is 0.820. The van der Waals surface area contributed by atoms with E-state index >= 15 is 0 Å². The van der Waals surface area contributed by atoms with Crippen molar-refractivity contribution in [3.8, 4) is 0 Å². The van der Waals surface area contributed by atoms with E-state index in [4.69, 9.17) is 5.73 Å². The smallest absolute Gasteiger partial charge is 0.220 e. The van der Waals surface area contributed by atoms with Gasteiger partial charge in [0.1, 0.15) is 0 Å². The SMILES string of the molecule is NCC1(NC(=O)CC2CC3CCC2C3)CCCCC1. The molecule has 0 saturated heterocycles. The third-order valence-corrected chi connectivity index (χ3v) is 5.94. The highest BCUT2D eigenvalue weighted by molar-refractivity contribution is 5.77. The Morgan fingerprint density at radius 3 is 2.53 bits per heavy atom. The van der Waals surface area contributed by atoms with Gasteiger partial charge in [-0.2, -0.15) is 0 Å². The Morgan fingerprint density at radius 1 is 1.16 bits per heavy atom. The number of carbonyl (C=O) groups excluding carboxylic acids is 1. The normalized spacial score (nSPS) is 36.4. The van der Waals surface area contributed by atoms with E-state index < -0.39 is 0 Å². The lowest BCUT2D eigenvalue weighted by molar-refractivity contribution is -0.124. The van der Waals surface area contributed by atoms with E-state index in [1.807, 2.05) is 0 Å². The van der Waals surface area contributed by atoms with Crippen LogP contribution in [0.15, 0.2) is 0 Å². The monoisotopic (exact) mass is 264 g/mol. The van der Waals surface area contributed by atoms with E-state index in [1.54, 1.807) is 0 Å². The van der Waals surface area contributed by atoms with Crippen molar-refractivity contribution < 1.29 is 4.79 Å². The molecule has 19 heavy (non-hydrogen) atoms. The average molecular weight is 264 g/mol. The van der Waals surface area contributed by atoms with Crippen molar-refractivity contribution in [2.24, 2.45) is 23.5 Å². The Hall–Kier alpha value is -0.570. The maximum Gasteiger partial charge on any atom is 0.220 e. The van der Waals surface area contributed by atoms with Crippen LogP contribution in [0.4, 0.5) is 0 Å². The van der Waals surface area contributed by atoms with Crippen LogP contribution in [-0.2, 0) is 4.79 Å². The van der Waals surface area contributed by atoms with Gasteiger partial charge in [0.2, 0.25) is 5.91 Å². The lowest BCUT2D eigenvalue weighted by Crippen LogP contribution is -2.55. The van der Waals surface area contributed by atoms with Crippen molar-refractivity contribution in [1.82, 2.24) is 5.32 Å². The van der Waals surface area contributed by atoms with Crippen LogP contribution in [0.2, 0.25) is 0 Å². The van der Waals surface area contributed by atoms with Crippen molar-refractivity contribution in [1.29, 1.82) is 0 Å². The highest BCUT2D eigenvalue weighted by Crippen LogP contribution is 2.49. The number of hydrogen-bond donors (Lipinski definition) is 2. The standard InChI is InChI=1S/C16H28N2O/c17-11-16(6-2-1-3-7-16)18-15(19)10-14-9-12-4-5-13(14)8-12/h12-14H,1-11,17H2,(H,18,19). The second-order valence-corrected chi connectivity index (χ2v) is 7.23. The Morgan fingerprint density at radius 2 is 1.95 bits per heavy atom. The van der Waals surface area contributed by atoms with E-state index in [0.717, 1.165) is 31.1 Å². The number of rotatable bonds is 4. The summed E-state index contributed by atoms with van der Waals surface area (Å²) in [4.78, 5) is 12.3. The summed E-state index contributed by atoms with van der Waals surface area (Å²) < 4.78 is 0. The third-order valence-electron chi connectivity index (χ3n) is 5.94. The van der Waals surface area contributed by atoms with Gasteiger partial charge in [0.15, 0.2) is 0 Å². The molecule has 0 aliphatic heterocycles. The first-order chi connectivity index (χ1) is 9.21. The number of hydrogen-bond acceptors (Lipinski definition) is 2. The number of fused-ring (bicyclic) bond motifs is 2. The lowest BCUT2D eigenvalue weighted by atomic mass is 9.81. The topological polar surface area (TPSA) is 55.1 Å². The first-order valence-corrected chi connectivity index (χ1v) is 8.22. The van der Waals surface area contributed by atoms with Crippen molar-refractivity contribution in [2.45, 2.75) is 69.7 Å². The van der Waals surface area contributed by atoms with Crippen molar-refractivity contribution in [2.75, 3.05) is 6.54 Å². The molecule has 3 atom stereocenters. The van der Waals surface area contributed by atoms with Crippen LogP contribution in [0.1, 0.15) is 64.2 Å². The number of amides is 1. The molecule has 3 N–H and O–H groups in total. The molecule has 0 radical (unpaired) electrons. The predicted molar refractivity (Wildman–Crippen MR) is 76.6 cm³/mol. The highest BCUT2D eigenvalue weighted by Gasteiger charge is 2.41. The van der Waals surface area contributed by atoms with Gasteiger partial charge in [-0.1, -0.05) is 25.7 Å². The minimum Gasteiger partial charge on any atom is -0.349 e. The van der Waals surface area contributed by atoms with E-state index in [-0.39, 0.29) is 11.4 Å². The summed E-state index contributed by atoms with van der Waals surface area (Å²) in [5.41, 5.74) is 5.86. The molecule has 3 rings (SSSR count). The van der Waals surface area contributed by atoms with Crippen LogP contribution >= 0.6 is 0 Å². The van der Waals surface area contributed by atoms with E-state index in [0.29, 0.717) is 12.5 Å². The zero-order chi connectivity index (χ0) is 13.3. The summed E-state index contributed by atoms with van der Waals surface area (Å²) in [6.07, 6.45) is 12.1. The molecular weight excluding hydrogens is 236 g/mol. The molecule has 3 saturated carbocycles. The number of carbonyl (C=O) groups is 1. The van der Waals surface area contributed by atoms with Gasteiger partial charge >= 0.3 is 0 Å². The molecule has 0 heterocycles. The van der Waals surface area contributed by atoms with Crippen LogP contribution in [0.3, 0.4) is 0 Å². The minimum atomic E-state index is -0.0764. The van der Waals surface area contributed by atoms with Crippen LogP contribution in [0.5, 0.6) is 0 Å². The van der Waals surface area contributed by atoms with Gasteiger partial charge in [-0.05, 0) is 49.9 Å². The molecule has 3 fully saturated rings. The molecule has 3 aliphatic carbocycles. The van der Waals surface area contributed by atoms with Crippen molar-refractivity contribution in [3.63, 3.8) is 0 Å². The Balaban J connectivity index is 1.52. The molecular formula is C16H28N2O.